The fourth-order valence-electron chi connectivity index (χ4n) is 3.74. The average Bonchev–Trinajstić information content (AvgIpc) is 3.44. The van der Waals surface area contributed by atoms with E-state index in [0.717, 1.165) is 5.69 Å². The summed E-state index contributed by atoms with van der Waals surface area (Å²) in [4.78, 5) is 20.0. The van der Waals surface area contributed by atoms with Gasteiger partial charge < -0.3 is 23.9 Å². The lowest BCUT2D eigenvalue weighted by molar-refractivity contribution is 0.102. The van der Waals surface area contributed by atoms with E-state index in [-0.39, 0.29) is 11.6 Å². The van der Waals surface area contributed by atoms with Crippen LogP contribution in [-0.2, 0) is 4.74 Å². The molecular formula is C22H19ClN4O4. The number of nitrogens with zero attached hydrogens (tertiary/aromatic N) is 3. The fourth-order valence-corrected chi connectivity index (χ4v) is 4.03. The van der Waals surface area contributed by atoms with E-state index < -0.39 is 0 Å². The quantitative estimate of drug-likeness (QED) is 0.500. The molecule has 4 aromatic rings. The van der Waals surface area contributed by atoms with Gasteiger partial charge in [0.1, 0.15) is 5.69 Å². The summed E-state index contributed by atoms with van der Waals surface area (Å²) in [6, 6.07) is 10.7. The van der Waals surface area contributed by atoms with Gasteiger partial charge in [-0.25, -0.2) is 4.98 Å². The molecule has 0 radical (unpaired) electrons. The summed E-state index contributed by atoms with van der Waals surface area (Å²) in [6.45, 7) is 4.38. The maximum absolute atomic E-state index is 13.4. The number of hydrogen-bond acceptors (Lipinski definition) is 7. The van der Waals surface area contributed by atoms with Crippen molar-refractivity contribution >= 4 is 40.0 Å². The van der Waals surface area contributed by atoms with Crippen molar-refractivity contribution in [3.63, 3.8) is 0 Å². The summed E-state index contributed by atoms with van der Waals surface area (Å²) in [5.41, 5.74) is 3.13. The second kappa shape index (κ2) is 8.05. The van der Waals surface area contributed by atoms with Gasteiger partial charge in [0, 0.05) is 13.1 Å². The molecule has 5 rings (SSSR count). The van der Waals surface area contributed by atoms with Crippen LogP contribution in [-0.4, -0.2) is 42.4 Å². The molecule has 1 fully saturated rings. The number of ether oxygens (including phenoxy) is 1. The molecule has 1 saturated heterocycles. The van der Waals surface area contributed by atoms with Crippen molar-refractivity contribution in [2.45, 2.75) is 6.92 Å². The number of hydrogen-bond donors (Lipinski definition) is 1. The van der Waals surface area contributed by atoms with E-state index in [2.05, 4.69) is 20.4 Å². The number of pyridine rings is 1. The second-order valence-corrected chi connectivity index (χ2v) is 7.58. The monoisotopic (exact) mass is 438 g/mol. The van der Waals surface area contributed by atoms with Gasteiger partial charge in [-0.2, -0.15) is 0 Å². The van der Waals surface area contributed by atoms with E-state index in [9.17, 15) is 4.79 Å². The summed E-state index contributed by atoms with van der Waals surface area (Å²) in [5, 5.41) is 8.12. The van der Waals surface area contributed by atoms with Gasteiger partial charge in [0.05, 0.1) is 52.5 Å². The number of carbonyl (C=O) groups excluding carboxylic acids is 1. The summed E-state index contributed by atoms with van der Waals surface area (Å²) < 4.78 is 16.2. The summed E-state index contributed by atoms with van der Waals surface area (Å²) >= 11 is 6.51. The van der Waals surface area contributed by atoms with Gasteiger partial charge in [0.2, 0.25) is 0 Å². The summed E-state index contributed by atoms with van der Waals surface area (Å²) in [7, 11) is 0. The van der Waals surface area contributed by atoms with Crippen LogP contribution in [0.1, 0.15) is 16.1 Å². The number of halogens is 1. The van der Waals surface area contributed by atoms with E-state index in [1.807, 2.05) is 18.2 Å². The molecule has 1 amide bonds. The molecular weight excluding hydrogens is 420 g/mol. The maximum Gasteiger partial charge on any atom is 0.259 e. The van der Waals surface area contributed by atoms with Crippen LogP contribution in [0.4, 0.5) is 11.4 Å². The van der Waals surface area contributed by atoms with Crippen molar-refractivity contribution in [2.24, 2.45) is 0 Å². The maximum atomic E-state index is 13.4. The minimum absolute atomic E-state index is 0.274. The Morgan fingerprint density at radius 3 is 2.81 bits per heavy atom. The van der Waals surface area contributed by atoms with Crippen molar-refractivity contribution in [1.29, 1.82) is 0 Å². The highest BCUT2D eigenvalue weighted by atomic mass is 35.5. The topological polar surface area (TPSA) is 93.6 Å². The third-order valence-electron chi connectivity index (χ3n) is 5.20. The van der Waals surface area contributed by atoms with Gasteiger partial charge >= 0.3 is 0 Å². The molecule has 1 N–H and O–H groups in total. The van der Waals surface area contributed by atoms with Crippen LogP contribution >= 0.6 is 11.6 Å². The van der Waals surface area contributed by atoms with Crippen molar-refractivity contribution in [2.75, 3.05) is 36.5 Å². The Labute approximate surface area is 182 Å². The molecule has 158 valence electrons. The lowest BCUT2D eigenvalue weighted by atomic mass is 10.1. The van der Waals surface area contributed by atoms with Crippen molar-refractivity contribution < 1.29 is 18.5 Å². The average molecular weight is 439 g/mol. The highest BCUT2D eigenvalue weighted by Gasteiger charge is 2.23. The van der Waals surface area contributed by atoms with Gasteiger partial charge in [0.15, 0.2) is 5.76 Å². The van der Waals surface area contributed by atoms with E-state index in [0.29, 0.717) is 65.1 Å². The standard InChI is InChI=1S/C22H19ClN4O4/c1-13-19-14(12-17(18-6-3-9-30-18)25-22(19)31-26-13)21(28)24-16-5-2-4-15(23)20(16)27-7-10-29-11-8-27/h2-6,9,12H,7-8,10-11H2,1H3,(H,24,28). The first-order chi connectivity index (χ1) is 15.1. The molecule has 4 heterocycles. The molecule has 8 nitrogen and oxygen atoms in total. The zero-order valence-electron chi connectivity index (χ0n) is 16.7. The first kappa shape index (κ1) is 19.6. The van der Waals surface area contributed by atoms with Gasteiger partial charge in [0.25, 0.3) is 11.6 Å². The molecule has 1 aliphatic rings. The molecule has 1 aromatic carbocycles. The molecule has 0 bridgehead atoms. The Bertz CT molecular complexity index is 1250. The smallest absolute Gasteiger partial charge is 0.259 e. The van der Waals surface area contributed by atoms with Crippen LogP contribution in [0.15, 0.2) is 51.6 Å². The number of morpholine rings is 1. The molecule has 31 heavy (non-hydrogen) atoms. The zero-order chi connectivity index (χ0) is 21.4. The molecule has 0 unspecified atom stereocenters. The number of nitrogens with one attached hydrogen (secondary N) is 1. The Balaban J connectivity index is 1.56. The van der Waals surface area contributed by atoms with Gasteiger partial charge in [-0.3, -0.25) is 4.79 Å². The number of carbonyl (C=O) groups is 1. The van der Waals surface area contributed by atoms with Crippen molar-refractivity contribution in [1.82, 2.24) is 10.1 Å². The van der Waals surface area contributed by atoms with E-state index in [1.54, 1.807) is 31.4 Å². The molecule has 9 heteroatoms. The predicted molar refractivity (Wildman–Crippen MR) is 117 cm³/mol. The Hall–Kier alpha value is -3.36. The number of para-hydroxylation sites is 1. The number of benzene rings is 1. The van der Waals surface area contributed by atoms with Crippen LogP contribution in [0.25, 0.3) is 22.6 Å². The Morgan fingerprint density at radius 1 is 1.19 bits per heavy atom. The van der Waals surface area contributed by atoms with E-state index in [1.165, 1.54) is 0 Å². The molecule has 0 aliphatic carbocycles. The Kier molecular flexibility index (Phi) is 5.09. The van der Waals surface area contributed by atoms with Crippen LogP contribution in [0, 0.1) is 6.92 Å². The van der Waals surface area contributed by atoms with Crippen LogP contribution in [0.2, 0.25) is 5.02 Å². The number of fused-ring (bicyclic) bond motifs is 1. The molecule has 0 saturated carbocycles. The first-order valence-corrected chi connectivity index (χ1v) is 10.2. The number of rotatable bonds is 4. The summed E-state index contributed by atoms with van der Waals surface area (Å²) in [6.07, 6.45) is 1.55. The van der Waals surface area contributed by atoms with Gasteiger partial charge in [-0.15, -0.1) is 0 Å². The fraction of sp³-hybridized carbons (Fsp3) is 0.227. The van der Waals surface area contributed by atoms with Crippen LogP contribution in [0.5, 0.6) is 0 Å². The summed E-state index contributed by atoms with van der Waals surface area (Å²) in [5.74, 6) is 0.213. The number of anilines is 2. The van der Waals surface area contributed by atoms with Crippen LogP contribution < -0.4 is 10.2 Å². The highest BCUT2D eigenvalue weighted by Crippen LogP contribution is 2.35. The minimum Gasteiger partial charge on any atom is -0.463 e. The lowest BCUT2D eigenvalue weighted by Crippen LogP contribution is -2.37. The first-order valence-electron chi connectivity index (χ1n) is 9.85. The minimum atomic E-state index is -0.316. The lowest BCUT2D eigenvalue weighted by Gasteiger charge is -2.31. The third kappa shape index (κ3) is 3.64. The van der Waals surface area contributed by atoms with Crippen LogP contribution in [0.3, 0.4) is 0 Å². The number of aromatic nitrogens is 2. The van der Waals surface area contributed by atoms with Gasteiger partial charge in [-0.05, 0) is 37.3 Å². The zero-order valence-corrected chi connectivity index (χ0v) is 17.5. The van der Waals surface area contributed by atoms with Crippen molar-refractivity contribution in [3.05, 3.63) is 58.9 Å². The molecule has 1 aliphatic heterocycles. The SMILES string of the molecule is Cc1noc2nc(-c3ccco3)cc(C(=O)Nc3cccc(Cl)c3N3CCOCC3)c12. The second-order valence-electron chi connectivity index (χ2n) is 7.17. The number of amides is 1. The molecule has 0 spiro atoms. The number of furan rings is 1. The largest absolute Gasteiger partial charge is 0.463 e. The Morgan fingerprint density at radius 2 is 2.03 bits per heavy atom. The predicted octanol–water partition coefficient (Wildman–Crippen LogP) is 4.53. The normalized spacial score (nSPS) is 14.2. The van der Waals surface area contributed by atoms with E-state index in [4.69, 9.17) is 25.3 Å². The van der Waals surface area contributed by atoms with E-state index >= 15 is 0 Å². The number of aryl methyl sites for hydroxylation is 1. The third-order valence-corrected chi connectivity index (χ3v) is 5.50. The molecule has 0 atom stereocenters. The van der Waals surface area contributed by atoms with Crippen molar-refractivity contribution in [3.8, 4) is 11.5 Å². The molecule has 3 aromatic heterocycles. The van der Waals surface area contributed by atoms with Gasteiger partial charge in [-0.1, -0.05) is 22.8 Å². The highest BCUT2D eigenvalue weighted by molar-refractivity contribution is 6.34.